The van der Waals surface area contributed by atoms with E-state index in [4.69, 9.17) is 9.47 Å². The monoisotopic (exact) mass is 477 g/mol. The lowest BCUT2D eigenvalue weighted by Crippen LogP contribution is -2.56. The maximum Gasteiger partial charge on any atom is 0.315 e. The molecule has 0 radical (unpaired) electrons. The molecule has 0 aromatic heterocycles. The predicted octanol–water partition coefficient (Wildman–Crippen LogP) is 4.68. The van der Waals surface area contributed by atoms with Crippen molar-refractivity contribution in [2.45, 2.75) is 56.7 Å². The van der Waals surface area contributed by atoms with Crippen molar-refractivity contribution in [3.63, 3.8) is 0 Å². The number of hydrogen-bond donors (Lipinski definition) is 2. The highest BCUT2D eigenvalue weighted by atomic mass is 16.5. The van der Waals surface area contributed by atoms with Gasteiger partial charge in [0, 0.05) is 19.2 Å². The third kappa shape index (κ3) is 5.55. The second kappa shape index (κ2) is 10.3. The number of piperidine rings is 1. The van der Waals surface area contributed by atoms with E-state index in [1.807, 2.05) is 0 Å². The molecule has 1 saturated carbocycles. The molecule has 2 bridgehead atoms. The minimum atomic E-state index is -0.227. The number of urea groups is 1. The standard InChI is InChI=1S/C29H39N3O3/c1-28(15-18-32-16-11-25(28)12-17-32)30-27(33)31-29(13-14-29)26-9-7-24(8-10-26)23-5-3-22(4-6-23)21-35-20-19-34-2/h3-10,25H,11-21H2,1-2H3,(H2,30,31,33). The lowest BCUT2D eigenvalue weighted by atomic mass is 9.79. The van der Waals surface area contributed by atoms with Crippen LogP contribution in [0.4, 0.5) is 4.79 Å². The number of fused-ring (bicyclic) bond motifs is 4. The van der Waals surface area contributed by atoms with Crippen LogP contribution in [0.3, 0.4) is 0 Å². The smallest absolute Gasteiger partial charge is 0.315 e. The summed E-state index contributed by atoms with van der Waals surface area (Å²) in [5.41, 5.74) is 4.36. The van der Waals surface area contributed by atoms with Crippen LogP contribution in [0, 0.1) is 5.92 Å². The first kappa shape index (κ1) is 24.3. The van der Waals surface area contributed by atoms with Gasteiger partial charge in [0.1, 0.15) is 0 Å². The number of carbonyl (C=O) groups excluding carboxylic acids is 1. The molecule has 1 unspecified atom stereocenters. The topological polar surface area (TPSA) is 62.8 Å². The summed E-state index contributed by atoms with van der Waals surface area (Å²) in [6.45, 7) is 7.48. The molecule has 4 aliphatic rings. The summed E-state index contributed by atoms with van der Waals surface area (Å²) in [6.07, 6.45) is 5.39. The van der Waals surface area contributed by atoms with Gasteiger partial charge in [0.2, 0.25) is 0 Å². The van der Waals surface area contributed by atoms with Gasteiger partial charge in [0.25, 0.3) is 0 Å². The molecule has 2 aromatic carbocycles. The number of nitrogens with zero attached hydrogens (tertiary/aromatic N) is 1. The van der Waals surface area contributed by atoms with E-state index < -0.39 is 0 Å². The highest BCUT2D eigenvalue weighted by Crippen LogP contribution is 2.46. The molecule has 2 N–H and O–H groups in total. The minimum Gasteiger partial charge on any atom is -0.382 e. The SMILES string of the molecule is COCCOCc1ccc(-c2ccc(C3(NC(=O)NC4(C)CCN5CCC4CC5)CC3)cc2)cc1. The average molecular weight is 478 g/mol. The minimum absolute atomic E-state index is 0.0160. The lowest BCUT2D eigenvalue weighted by Gasteiger charge is -2.38. The molecule has 3 aliphatic heterocycles. The van der Waals surface area contributed by atoms with Gasteiger partial charge in [-0.25, -0.2) is 4.79 Å². The fraction of sp³-hybridized carbons (Fsp3) is 0.552. The van der Waals surface area contributed by atoms with Gasteiger partial charge in [-0.15, -0.1) is 0 Å². The number of methoxy groups -OCH3 is 1. The molecule has 188 valence electrons. The van der Waals surface area contributed by atoms with Crippen LogP contribution in [0.15, 0.2) is 48.5 Å². The van der Waals surface area contributed by atoms with Gasteiger partial charge in [0.15, 0.2) is 0 Å². The van der Waals surface area contributed by atoms with E-state index in [0.29, 0.717) is 25.7 Å². The normalized spacial score (nSPS) is 26.7. The van der Waals surface area contributed by atoms with Gasteiger partial charge in [-0.2, -0.15) is 0 Å². The van der Waals surface area contributed by atoms with Crippen molar-refractivity contribution in [2.24, 2.45) is 5.92 Å². The average Bonchev–Trinajstić information content (AvgIpc) is 3.69. The second-order valence-corrected chi connectivity index (χ2v) is 10.8. The molecule has 3 heterocycles. The maximum atomic E-state index is 13.1. The van der Waals surface area contributed by atoms with Crippen LogP contribution < -0.4 is 10.6 Å². The number of rotatable bonds is 9. The lowest BCUT2D eigenvalue weighted by molar-refractivity contribution is 0.0617. The number of carbonyl (C=O) groups is 1. The Morgan fingerprint density at radius 2 is 1.57 bits per heavy atom. The highest BCUT2D eigenvalue weighted by molar-refractivity contribution is 5.77. The van der Waals surface area contributed by atoms with E-state index in [2.05, 4.69) is 71.0 Å². The van der Waals surface area contributed by atoms with E-state index in [1.54, 1.807) is 7.11 Å². The highest BCUT2D eigenvalue weighted by Gasteiger charge is 2.47. The van der Waals surface area contributed by atoms with Gasteiger partial charge in [-0.1, -0.05) is 48.5 Å². The van der Waals surface area contributed by atoms with E-state index in [9.17, 15) is 4.79 Å². The largest absolute Gasteiger partial charge is 0.382 e. The molecule has 1 atom stereocenters. The number of amides is 2. The molecule has 0 spiro atoms. The number of nitrogens with one attached hydrogen (secondary N) is 2. The zero-order valence-electron chi connectivity index (χ0n) is 21.1. The fourth-order valence-electron chi connectivity index (χ4n) is 5.78. The Kier molecular flexibility index (Phi) is 7.14. The molecular formula is C29H39N3O3. The molecular weight excluding hydrogens is 438 g/mol. The number of benzene rings is 2. The third-order valence-electron chi connectivity index (χ3n) is 8.36. The molecule has 6 nitrogen and oxygen atoms in total. The number of hydrogen-bond acceptors (Lipinski definition) is 4. The van der Waals surface area contributed by atoms with Crippen LogP contribution >= 0.6 is 0 Å². The molecule has 1 aliphatic carbocycles. The third-order valence-corrected chi connectivity index (χ3v) is 8.36. The van der Waals surface area contributed by atoms with Crippen molar-refractivity contribution >= 4 is 6.03 Å². The van der Waals surface area contributed by atoms with Crippen molar-refractivity contribution in [2.75, 3.05) is 40.0 Å². The van der Waals surface area contributed by atoms with Gasteiger partial charge in [-0.3, -0.25) is 0 Å². The van der Waals surface area contributed by atoms with Crippen LogP contribution in [0.2, 0.25) is 0 Å². The van der Waals surface area contributed by atoms with Crippen LogP contribution in [0.25, 0.3) is 11.1 Å². The Morgan fingerprint density at radius 1 is 0.914 bits per heavy atom. The Balaban J connectivity index is 1.19. The quantitative estimate of drug-likeness (QED) is 0.515. The van der Waals surface area contributed by atoms with Crippen LogP contribution in [0.5, 0.6) is 0 Å². The van der Waals surface area contributed by atoms with Crippen LogP contribution in [0.1, 0.15) is 50.2 Å². The second-order valence-electron chi connectivity index (χ2n) is 10.8. The zero-order chi connectivity index (χ0) is 24.3. The van der Waals surface area contributed by atoms with E-state index >= 15 is 0 Å². The van der Waals surface area contributed by atoms with Crippen LogP contribution in [-0.4, -0.2) is 56.4 Å². The van der Waals surface area contributed by atoms with Crippen molar-refractivity contribution in [3.8, 4) is 11.1 Å². The zero-order valence-corrected chi connectivity index (χ0v) is 21.1. The van der Waals surface area contributed by atoms with E-state index in [1.165, 1.54) is 42.6 Å². The Hall–Kier alpha value is -2.41. The first-order valence-electron chi connectivity index (χ1n) is 13.1. The van der Waals surface area contributed by atoms with Gasteiger partial charge >= 0.3 is 6.03 Å². The first-order chi connectivity index (χ1) is 17.0. The van der Waals surface area contributed by atoms with Crippen LogP contribution in [-0.2, 0) is 21.6 Å². The fourth-order valence-corrected chi connectivity index (χ4v) is 5.78. The summed E-state index contributed by atoms with van der Waals surface area (Å²) in [4.78, 5) is 15.6. The molecule has 2 aromatic rings. The molecule has 35 heavy (non-hydrogen) atoms. The van der Waals surface area contributed by atoms with Crippen molar-refractivity contribution in [1.82, 2.24) is 15.5 Å². The molecule has 4 fully saturated rings. The Labute approximate surface area is 209 Å². The summed E-state index contributed by atoms with van der Waals surface area (Å²) in [5.74, 6) is 0.574. The predicted molar refractivity (Wildman–Crippen MR) is 138 cm³/mol. The van der Waals surface area contributed by atoms with Crippen molar-refractivity contribution in [1.29, 1.82) is 0 Å². The molecule has 2 amide bonds. The first-order valence-corrected chi connectivity index (χ1v) is 13.1. The van der Waals surface area contributed by atoms with Gasteiger partial charge < -0.3 is 25.0 Å². The van der Waals surface area contributed by atoms with Crippen molar-refractivity contribution < 1.29 is 14.3 Å². The summed E-state index contributed by atoms with van der Waals surface area (Å²) in [6, 6.07) is 17.2. The summed E-state index contributed by atoms with van der Waals surface area (Å²) in [7, 11) is 1.68. The summed E-state index contributed by atoms with van der Waals surface area (Å²) in [5, 5.41) is 6.74. The molecule has 3 saturated heterocycles. The Bertz CT molecular complexity index is 995. The van der Waals surface area contributed by atoms with E-state index in [0.717, 1.165) is 31.4 Å². The molecule has 6 heteroatoms. The summed E-state index contributed by atoms with van der Waals surface area (Å²) < 4.78 is 10.6. The molecule has 6 rings (SSSR count). The maximum absolute atomic E-state index is 13.1. The van der Waals surface area contributed by atoms with Crippen molar-refractivity contribution in [3.05, 3.63) is 59.7 Å². The van der Waals surface area contributed by atoms with Gasteiger partial charge in [-0.05, 0) is 80.3 Å². The van der Waals surface area contributed by atoms with E-state index in [-0.39, 0.29) is 17.1 Å². The summed E-state index contributed by atoms with van der Waals surface area (Å²) >= 11 is 0. The van der Waals surface area contributed by atoms with Gasteiger partial charge in [0.05, 0.1) is 25.4 Å². The Morgan fingerprint density at radius 3 is 2.20 bits per heavy atom. The number of ether oxygens (including phenoxy) is 2.